The zero-order valence-electron chi connectivity index (χ0n) is 16.2. The van der Waals surface area contributed by atoms with Crippen LogP contribution in [0.3, 0.4) is 0 Å². The molecule has 1 amide bonds. The van der Waals surface area contributed by atoms with Gasteiger partial charge in [0.15, 0.2) is 11.0 Å². The molecule has 4 rings (SSSR count). The fraction of sp³-hybridized carbons (Fsp3) is 0.316. The van der Waals surface area contributed by atoms with E-state index < -0.39 is 52.6 Å². The summed E-state index contributed by atoms with van der Waals surface area (Å²) in [6.07, 6.45) is -2.15. The maximum Gasteiger partial charge on any atom is 0.387 e. The van der Waals surface area contributed by atoms with Gasteiger partial charge in [-0.1, -0.05) is 0 Å². The third kappa shape index (κ3) is 3.92. The van der Waals surface area contributed by atoms with Gasteiger partial charge in [0.25, 0.3) is 18.4 Å². The molecule has 0 aliphatic carbocycles. The molecule has 170 valence electrons. The minimum Gasteiger partial charge on any atom is -0.450 e. The lowest BCUT2D eigenvalue weighted by Crippen LogP contribution is -2.45. The van der Waals surface area contributed by atoms with Crippen LogP contribution in [0, 0.1) is 12.7 Å². The van der Waals surface area contributed by atoms with E-state index in [1.807, 2.05) is 0 Å². The van der Waals surface area contributed by atoms with Gasteiger partial charge in [-0.3, -0.25) is 4.79 Å². The molecule has 0 spiro atoms. The minimum absolute atomic E-state index is 0.00277. The van der Waals surface area contributed by atoms with Crippen molar-refractivity contribution in [3.8, 4) is 5.75 Å². The number of aliphatic imine (C=N–C) groups is 1. The summed E-state index contributed by atoms with van der Waals surface area (Å²) in [6.45, 7) is -1.60. The number of pyridine rings is 1. The Balaban J connectivity index is 1.64. The highest BCUT2D eigenvalue weighted by Crippen LogP contribution is 2.59. The Morgan fingerprint density at radius 1 is 1.31 bits per heavy atom. The molecule has 3 N–H and O–H groups in total. The minimum atomic E-state index is -3.10. The molecule has 2 aliphatic rings. The van der Waals surface area contributed by atoms with Crippen molar-refractivity contribution in [2.75, 3.05) is 5.32 Å². The first-order chi connectivity index (χ1) is 15.1. The van der Waals surface area contributed by atoms with Crippen molar-refractivity contribution in [3.05, 3.63) is 53.1 Å². The average Bonchev–Trinajstić information content (AvgIpc) is 3.47. The van der Waals surface area contributed by atoms with E-state index in [4.69, 9.17) is 10.5 Å². The normalized spacial score (nSPS) is 23.9. The number of thioether (sulfide) groups is 1. The summed E-state index contributed by atoms with van der Waals surface area (Å²) in [5.41, 5.74) is 2.26. The van der Waals surface area contributed by atoms with Gasteiger partial charge < -0.3 is 20.5 Å². The predicted octanol–water partition coefficient (Wildman–Crippen LogP) is 3.63. The van der Waals surface area contributed by atoms with Gasteiger partial charge in [0.05, 0.1) is 11.4 Å². The molecule has 7 nitrogen and oxygen atoms in total. The quantitative estimate of drug-likeness (QED) is 0.490. The standard InChI is InChI=1S/C19H15F5N4O3S/c1-7-4-9(30-17(23)24)6-26-12(7)14(29)27-8-2-3-11(20)10(5-8)19(16(21)22)13-15(32-13)31-18(25)28-19/h2-6,13,15-17H,1H3,(H2,25,28)(H,27,29)/t13-,15+,19+/m0/s1. The second kappa shape index (κ2) is 8.11. The number of nitrogens with two attached hydrogens (primary N) is 1. The van der Waals surface area contributed by atoms with Gasteiger partial charge in [-0.2, -0.15) is 8.78 Å². The smallest absolute Gasteiger partial charge is 0.387 e. The summed E-state index contributed by atoms with van der Waals surface area (Å²) in [4.78, 5) is 20.2. The molecule has 3 atom stereocenters. The number of amidine groups is 1. The SMILES string of the molecule is Cc1cc(OC(F)F)cnc1C(=O)Nc1ccc(F)c([C@@]2(C(F)F)N=C(N)O[C@@H]3S[C@@H]32)c1. The maximum atomic E-state index is 14.7. The number of carbonyl (C=O) groups is 1. The fourth-order valence-electron chi connectivity index (χ4n) is 3.45. The molecule has 0 unspecified atom stereocenters. The van der Waals surface area contributed by atoms with E-state index in [1.54, 1.807) is 0 Å². The number of nitrogens with one attached hydrogen (secondary N) is 1. The summed E-state index contributed by atoms with van der Waals surface area (Å²) in [6, 6.07) is 3.89. The number of halogens is 5. The van der Waals surface area contributed by atoms with Crippen LogP contribution in [0.4, 0.5) is 27.6 Å². The van der Waals surface area contributed by atoms with Crippen molar-refractivity contribution in [3.63, 3.8) is 0 Å². The van der Waals surface area contributed by atoms with Crippen molar-refractivity contribution in [2.24, 2.45) is 10.7 Å². The zero-order valence-corrected chi connectivity index (χ0v) is 17.0. The average molecular weight is 474 g/mol. The number of alkyl halides is 4. The predicted molar refractivity (Wildman–Crippen MR) is 106 cm³/mol. The molecule has 2 aromatic rings. The van der Waals surface area contributed by atoms with Crippen LogP contribution >= 0.6 is 11.8 Å². The van der Waals surface area contributed by atoms with Crippen molar-refractivity contribution in [2.45, 2.75) is 36.2 Å². The third-order valence-corrected chi connectivity index (χ3v) is 6.12. The van der Waals surface area contributed by atoms with Crippen LogP contribution in [0.1, 0.15) is 21.6 Å². The van der Waals surface area contributed by atoms with Crippen LogP contribution in [0.5, 0.6) is 5.75 Å². The van der Waals surface area contributed by atoms with Crippen molar-refractivity contribution < 1.29 is 36.2 Å². The first kappa shape index (κ1) is 22.1. The number of aromatic nitrogens is 1. The summed E-state index contributed by atoms with van der Waals surface area (Å²) in [7, 11) is 0. The molecular weight excluding hydrogens is 459 g/mol. The number of amides is 1. The van der Waals surface area contributed by atoms with Crippen LogP contribution in [0.15, 0.2) is 35.5 Å². The number of benzene rings is 1. The Labute approximate surface area is 182 Å². The van der Waals surface area contributed by atoms with Gasteiger partial charge in [-0.05, 0) is 36.8 Å². The summed E-state index contributed by atoms with van der Waals surface area (Å²) in [5.74, 6) is -1.94. The van der Waals surface area contributed by atoms with E-state index in [9.17, 15) is 26.7 Å². The van der Waals surface area contributed by atoms with E-state index in [1.165, 1.54) is 19.1 Å². The first-order valence-corrected chi connectivity index (χ1v) is 10.0. The highest BCUT2D eigenvalue weighted by Gasteiger charge is 2.65. The number of anilines is 1. The number of hydrogen-bond acceptors (Lipinski definition) is 7. The molecule has 2 aliphatic heterocycles. The lowest BCUT2D eigenvalue weighted by Gasteiger charge is -2.32. The van der Waals surface area contributed by atoms with Gasteiger partial charge >= 0.3 is 6.61 Å². The van der Waals surface area contributed by atoms with E-state index in [-0.39, 0.29) is 22.7 Å². The third-order valence-electron chi connectivity index (χ3n) is 4.90. The molecule has 0 bridgehead atoms. The van der Waals surface area contributed by atoms with E-state index in [0.29, 0.717) is 0 Å². The van der Waals surface area contributed by atoms with Gasteiger partial charge in [-0.25, -0.2) is 23.1 Å². The molecule has 1 saturated heterocycles. The van der Waals surface area contributed by atoms with Crippen LogP contribution < -0.4 is 15.8 Å². The van der Waals surface area contributed by atoms with Crippen LogP contribution in [-0.4, -0.2) is 40.6 Å². The number of fused-ring (bicyclic) bond motifs is 1. The summed E-state index contributed by atoms with van der Waals surface area (Å²) in [5, 5.41) is 1.60. The van der Waals surface area contributed by atoms with Crippen molar-refractivity contribution in [1.29, 1.82) is 0 Å². The van der Waals surface area contributed by atoms with Gasteiger partial charge in [-0.15, -0.1) is 11.8 Å². The Bertz CT molecular complexity index is 1100. The molecule has 1 aromatic carbocycles. The van der Waals surface area contributed by atoms with Crippen LogP contribution in [0.2, 0.25) is 0 Å². The van der Waals surface area contributed by atoms with Crippen molar-refractivity contribution >= 4 is 29.4 Å². The topological polar surface area (TPSA) is 98.8 Å². The molecule has 13 heteroatoms. The monoisotopic (exact) mass is 474 g/mol. The molecule has 1 fully saturated rings. The molecule has 0 saturated carbocycles. The lowest BCUT2D eigenvalue weighted by atomic mass is 9.86. The molecule has 3 heterocycles. The van der Waals surface area contributed by atoms with Gasteiger partial charge in [0.2, 0.25) is 0 Å². The van der Waals surface area contributed by atoms with E-state index in [2.05, 4.69) is 20.0 Å². The van der Waals surface area contributed by atoms with Gasteiger partial charge in [0.1, 0.15) is 17.3 Å². The zero-order chi connectivity index (χ0) is 23.2. The number of aryl methyl sites for hydroxylation is 1. The Hall–Kier alpha value is -3.09. The highest BCUT2D eigenvalue weighted by molar-refractivity contribution is 8.07. The Morgan fingerprint density at radius 3 is 2.72 bits per heavy atom. The largest absolute Gasteiger partial charge is 0.450 e. The summed E-state index contributed by atoms with van der Waals surface area (Å²) < 4.78 is 77.0. The number of ether oxygens (including phenoxy) is 2. The maximum absolute atomic E-state index is 14.7. The Kier molecular flexibility index (Phi) is 5.61. The number of hydrogen-bond donors (Lipinski definition) is 2. The van der Waals surface area contributed by atoms with Crippen molar-refractivity contribution in [1.82, 2.24) is 4.98 Å². The number of nitrogens with zero attached hydrogens (tertiary/aromatic N) is 2. The fourth-order valence-corrected chi connectivity index (χ4v) is 4.55. The lowest BCUT2D eigenvalue weighted by molar-refractivity contribution is -0.0501. The number of rotatable bonds is 6. The second-order valence-electron chi connectivity index (χ2n) is 6.98. The van der Waals surface area contributed by atoms with Gasteiger partial charge in [0, 0.05) is 11.3 Å². The first-order valence-electron chi connectivity index (χ1n) is 9.10. The van der Waals surface area contributed by atoms with E-state index in [0.717, 1.165) is 30.1 Å². The summed E-state index contributed by atoms with van der Waals surface area (Å²) >= 11 is 1.04. The number of carbonyl (C=O) groups excluding carboxylic acids is 1. The molecule has 1 aromatic heterocycles. The second-order valence-corrected chi connectivity index (χ2v) is 8.23. The molecule has 0 radical (unpaired) electrons. The Morgan fingerprint density at radius 2 is 2.06 bits per heavy atom. The molecule has 32 heavy (non-hydrogen) atoms. The van der Waals surface area contributed by atoms with Crippen LogP contribution in [-0.2, 0) is 10.3 Å². The molecular formula is C19H15F5N4O3S. The van der Waals surface area contributed by atoms with Crippen LogP contribution in [0.25, 0.3) is 0 Å². The highest BCUT2D eigenvalue weighted by atomic mass is 32.2. The van der Waals surface area contributed by atoms with E-state index >= 15 is 0 Å².